The van der Waals surface area contributed by atoms with Crippen molar-refractivity contribution in [1.82, 2.24) is 0 Å². The molecule has 0 saturated heterocycles. The predicted octanol–water partition coefficient (Wildman–Crippen LogP) is 2.26. The van der Waals surface area contributed by atoms with E-state index >= 15 is 0 Å². The Balaban J connectivity index is 2.86. The van der Waals surface area contributed by atoms with Crippen molar-refractivity contribution < 1.29 is 4.74 Å². The number of alkyl halides is 2. The molecule has 0 bridgehead atoms. The third kappa shape index (κ3) is 5.55. The lowest BCUT2D eigenvalue weighted by Crippen LogP contribution is -2.10. The molecule has 0 unspecified atom stereocenters. The molecule has 0 radical (unpaired) electrons. The van der Waals surface area contributed by atoms with Crippen molar-refractivity contribution >= 4 is 45.2 Å². The van der Waals surface area contributed by atoms with Crippen LogP contribution in [-0.4, -0.2) is 21.6 Å². The zero-order chi connectivity index (χ0) is 6.41. The lowest BCUT2D eigenvalue weighted by Gasteiger charge is -2.06. The fourth-order valence-corrected chi connectivity index (χ4v) is 0.799. The van der Waals surface area contributed by atoms with Crippen molar-refractivity contribution in [1.29, 1.82) is 0 Å². The maximum absolute atomic E-state index is 5.33. The Hall–Kier alpha value is 1.42. The summed E-state index contributed by atoms with van der Waals surface area (Å²) in [6, 6.07) is 0. The molecule has 0 aromatic heterocycles. The second kappa shape index (κ2) is 6.54. The van der Waals surface area contributed by atoms with Gasteiger partial charge in [-0.05, 0) is 6.92 Å². The van der Waals surface area contributed by atoms with Crippen LogP contribution in [0.1, 0.15) is 6.92 Å². The molecule has 1 atom stereocenters. The molecule has 0 aromatic rings. The van der Waals surface area contributed by atoms with Crippen LogP contribution in [0.5, 0.6) is 0 Å². The van der Waals surface area contributed by atoms with Crippen LogP contribution in [0, 0.1) is 0 Å². The van der Waals surface area contributed by atoms with Crippen LogP contribution in [0.3, 0.4) is 0 Å². The zero-order valence-electron chi connectivity index (χ0n) is 4.86. The molecule has 0 fully saturated rings. The van der Waals surface area contributed by atoms with Crippen molar-refractivity contribution in [3.05, 3.63) is 0 Å². The largest absolute Gasteiger partial charge is 0.377 e. The van der Waals surface area contributed by atoms with E-state index in [1.54, 1.807) is 0 Å². The molecule has 0 aromatic carbocycles. The molecular weight excluding hydrogens is 330 g/mol. The van der Waals surface area contributed by atoms with Crippen molar-refractivity contribution in [2.45, 2.75) is 13.0 Å². The Labute approximate surface area is 77.8 Å². The van der Waals surface area contributed by atoms with E-state index in [4.69, 9.17) is 4.74 Å². The van der Waals surface area contributed by atoms with Gasteiger partial charge in [0.1, 0.15) is 0 Å². The molecule has 0 N–H and O–H groups in total. The van der Waals surface area contributed by atoms with Gasteiger partial charge in [0.2, 0.25) is 0 Å². The number of ether oxygens (including phenoxy) is 1. The fourth-order valence-electron chi connectivity index (χ4n) is 0.290. The molecule has 3 heteroatoms. The van der Waals surface area contributed by atoms with Crippen LogP contribution in [0.25, 0.3) is 0 Å². The first-order chi connectivity index (χ1) is 3.81. The van der Waals surface area contributed by atoms with Gasteiger partial charge in [-0.3, -0.25) is 0 Å². The van der Waals surface area contributed by atoms with Gasteiger partial charge in [0.05, 0.1) is 12.7 Å². The number of rotatable bonds is 4. The summed E-state index contributed by atoms with van der Waals surface area (Å²) in [6.45, 7) is 2.99. The van der Waals surface area contributed by atoms with E-state index in [-0.39, 0.29) is 0 Å². The van der Waals surface area contributed by atoms with E-state index in [1.807, 2.05) is 0 Å². The van der Waals surface area contributed by atoms with E-state index < -0.39 is 0 Å². The van der Waals surface area contributed by atoms with E-state index in [0.29, 0.717) is 6.10 Å². The Morgan fingerprint density at radius 3 is 2.50 bits per heavy atom. The topological polar surface area (TPSA) is 9.23 Å². The van der Waals surface area contributed by atoms with Crippen LogP contribution >= 0.6 is 45.2 Å². The second-order valence-electron chi connectivity index (χ2n) is 1.52. The predicted molar refractivity (Wildman–Crippen MR) is 53.2 cm³/mol. The van der Waals surface area contributed by atoms with E-state index in [0.717, 1.165) is 15.5 Å². The van der Waals surface area contributed by atoms with Gasteiger partial charge in [-0.2, -0.15) is 0 Å². The summed E-state index contributed by atoms with van der Waals surface area (Å²) in [7, 11) is 0. The van der Waals surface area contributed by atoms with Gasteiger partial charge in [0.15, 0.2) is 0 Å². The molecule has 0 aliphatic heterocycles. The van der Waals surface area contributed by atoms with Gasteiger partial charge < -0.3 is 4.74 Å². The Kier molecular flexibility index (Phi) is 7.70. The summed E-state index contributed by atoms with van der Waals surface area (Å²) in [5.41, 5.74) is 0. The lowest BCUT2D eigenvalue weighted by atomic mass is 10.5. The first kappa shape index (κ1) is 9.42. The van der Waals surface area contributed by atoms with Crippen LogP contribution in [0.2, 0.25) is 0 Å². The molecule has 50 valence electrons. The average molecular weight is 340 g/mol. The minimum absolute atomic E-state index is 0.436. The highest BCUT2D eigenvalue weighted by Crippen LogP contribution is 1.96. The van der Waals surface area contributed by atoms with Gasteiger partial charge in [-0.25, -0.2) is 0 Å². The summed E-state index contributed by atoms with van der Waals surface area (Å²) in [5.74, 6) is 0. The summed E-state index contributed by atoms with van der Waals surface area (Å²) >= 11 is 4.64. The van der Waals surface area contributed by atoms with E-state index in [9.17, 15) is 0 Å². The smallest absolute Gasteiger partial charge is 0.0636 e. The Morgan fingerprint density at radius 1 is 1.50 bits per heavy atom. The third-order valence-electron chi connectivity index (χ3n) is 0.697. The highest BCUT2D eigenvalue weighted by atomic mass is 127. The van der Waals surface area contributed by atoms with Crippen molar-refractivity contribution in [2.75, 3.05) is 15.5 Å². The first-order valence-corrected chi connectivity index (χ1v) is 5.60. The maximum atomic E-state index is 5.33. The Morgan fingerprint density at radius 2 is 2.12 bits per heavy atom. The quantitative estimate of drug-likeness (QED) is 0.564. The number of hydrogen-bond acceptors (Lipinski definition) is 1. The summed E-state index contributed by atoms with van der Waals surface area (Å²) < 4.78 is 7.51. The first-order valence-electron chi connectivity index (χ1n) is 2.54. The third-order valence-corrected chi connectivity index (χ3v) is 2.38. The van der Waals surface area contributed by atoms with Gasteiger partial charge >= 0.3 is 0 Å². The van der Waals surface area contributed by atoms with Gasteiger partial charge in [0, 0.05) is 8.86 Å². The molecule has 1 nitrogen and oxygen atoms in total. The summed E-state index contributed by atoms with van der Waals surface area (Å²) in [6.07, 6.45) is 0.436. The molecular formula is C5H10I2O. The highest BCUT2D eigenvalue weighted by molar-refractivity contribution is 14.1. The molecule has 0 aliphatic rings. The lowest BCUT2D eigenvalue weighted by molar-refractivity contribution is 0.0986. The standard InChI is InChI=1S/C5H10I2O/c1-5(4-7)8-3-2-6/h5H,2-4H2,1H3/t5-/m0/s1. The highest BCUT2D eigenvalue weighted by Gasteiger charge is 1.95. The van der Waals surface area contributed by atoms with E-state index in [1.165, 1.54) is 0 Å². The van der Waals surface area contributed by atoms with Crippen molar-refractivity contribution in [3.8, 4) is 0 Å². The fraction of sp³-hybridized carbons (Fsp3) is 1.00. The molecule has 0 saturated carbocycles. The van der Waals surface area contributed by atoms with Gasteiger partial charge in [-0.1, -0.05) is 45.2 Å². The zero-order valence-corrected chi connectivity index (χ0v) is 9.18. The van der Waals surface area contributed by atoms with Crippen LogP contribution in [-0.2, 0) is 4.74 Å². The minimum atomic E-state index is 0.436. The van der Waals surface area contributed by atoms with E-state index in [2.05, 4.69) is 52.1 Å². The maximum Gasteiger partial charge on any atom is 0.0636 e. The molecule has 0 heterocycles. The van der Waals surface area contributed by atoms with Crippen molar-refractivity contribution in [3.63, 3.8) is 0 Å². The van der Waals surface area contributed by atoms with Crippen molar-refractivity contribution in [2.24, 2.45) is 0 Å². The summed E-state index contributed by atoms with van der Waals surface area (Å²) in [5, 5.41) is 0. The van der Waals surface area contributed by atoms with Gasteiger partial charge in [0.25, 0.3) is 0 Å². The average Bonchev–Trinajstić information content (AvgIpc) is 1.83. The summed E-state index contributed by atoms with van der Waals surface area (Å²) in [4.78, 5) is 0. The SMILES string of the molecule is C[C@@H](CI)OCCI. The molecule has 0 rings (SSSR count). The van der Waals surface area contributed by atoms with Crippen LogP contribution in [0.15, 0.2) is 0 Å². The number of halogens is 2. The number of hydrogen-bond donors (Lipinski definition) is 0. The second-order valence-corrected chi connectivity index (χ2v) is 3.48. The Bertz CT molecular complexity index is 49.7. The molecule has 0 aliphatic carbocycles. The molecule has 0 amide bonds. The normalized spacial score (nSPS) is 13.9. The van der Waals surface area contributed by atoms with Gasteiger partial charge in [-0.15, -0.1) is 0 Å². The van der Waals surface area contributed by atoms with Crippen LogP contribution in [0.4, 0.5) is 0 Å². The molecule has 0 spiro atoms. The monoisotopic (exact) mass is 340 g/mol. The van der Waals surface area contributed by atoms with Crippen LogP contribution < -0.4 is 0 Å². The minimum Gasteiger partial charge on any atom is -0.377 e. The molecule has 8 heavy (non-hydrogen) atoms.